The zero-order chi connectivity index (χ0) is 21.9. The van der Waals surface area contributed by atoms with Crippen LogP contribution in [0.25, 0.3) is 0 Å². The number of benzene rings is 2. The fraction of sp³-hybridized carbons (Fsp3) is 0.296. The van der Waals surface area contributed by atoms with Crippen LogP contribution < -0.4 is 0 Å². The van der Waals surface area contributed by atoms with Crippen LogP contribution in [-0.2, 0) is 17.8 Å². The van der Waals surface area contributed by atoms with Crippen molar-refractivity contribution in [3.05, 3.63) is 101 Å². The van der Waals surface area contributed by atoms with Crippen LogP contribution in [0, 0.1) is 0 Å². The molecule has 3 heterocycles. The van der Waals surface area contributed by atoms with E-state index in [2.05, 4.69) is 4.98 Å². The Labute approximate surface area is 188 Å². The summed E-state index contributed by atoms with van der Waals surface area (Å²) in [5.41, 5.74) is 3.83. The summed E-state index contributed by atoms with van der Waals surface area (Å²) in [6, 6.07) is 21.1. The molecule has 162 valence electrons. The van der Waals surface area contributed by atoms with Crippen LogP contribution in [0.15, 0.2) is 79.1 Å². The molecule has 1 fully saturated rings. The predicted octanol–water partition coefficient (Wildman–Crippen LogP) is 4.40. The molecule has 2 atom stereocenters. The summed E-state index contributed by atoms with van der Waals surface area (Å²) in [6.07, 6.45) is 7.12. The first-order valence-corrected chi connectivity index (χ1v) is 11.4. The van der Waals surface area contributed by atoms with E-state index >= 15 is 0 Å². The molecule has 2 amide bonds. The molecule has 0 spiro atoms. The highest BCUT2D eigenvalue weighted by Crippen LogP contribution is 2.33. The second kappa shape index (κ2) is 8.95. The Morgan fingerprint density at radius 1 is 1.00 bits per heavy atom. The number of aromatic nitrogens is 1. The maximum atomic E-state index is 14.1. The molecule has 1 saturated heterocycles. The van der Waals surface area contributed by atoms with Gasteiger partial charge < -0.3 is 9.80 Å². The lowest BCUT2D eigenvalue weighted by Crippen LogP contribution is -2.52. The van der Waals surface area contributed by atoms with E-state index in [0.29, 0.717) is 25.1 Å². The largest absolute Gasteiger partial charge is 0.334 e. The Morgan fingerprint density at radius 3 is 2.59 bits per heavy atom. The van der Waals surface area contributed by atoms with E-state index in [1.54, 1.807) is 11.1 Å². The van der Waals surface area contributed by atoms with Crippen LogP contribution in [0.4, 0.5) is 0 Å². The van der Waals surface area contributed by atoms with Gasteiger partial charge in [-0.1, -0.05) is 54.6 Å². The lowest BCUT2D eigenvalue weighted by atomic mass is 9.94. The number of amides is 2. The van der Waals surface area contributed by atoms with Crippen molar-refractivity contribution in [2.45, 2.75) is 44.3 Å². The molecule has 3 aromatic rings. The third kappa shape index (κ3) is 3.91. The van der Waals surface area contributed by atoms with Crippen LogP contribution in [0.2, 0.25) is 0 Å². The van der Waals surface area contributed by atoms with Crippen molar-refractivity contribution in [3.63, 3.8) is 0 Å². The number of carbonyl (C=O) groups excluding carboxylic acids is 2. The molecule has 2 aromatic carbocycles. The number of pyridine rings is 1. The van der Waals surface area contributed by atoms with Gasteiger partial charge in [0.15, 0.2) is 0 Å². The van der Waals surface area contributed by atoms with Gasteiger partial charge in [0.1, 0.15) is 6.04 Å². The molecule has 5 nitrogen and oxygen atoms in total. The smallest absolute Gasteiger partial charge is 0.255 e. The first-order chi connectivity index (χ1) is 15.7. The third-order valence-corrected chi connectivity index (χ3v) is 6.64. The van der Waals surface area contributed by atoms with E-state index < -0.39 is 6.04 Å². The molecule has 0 saturated carbocycles. The second-order valence-electron chi connectivity index (χ2n) is 8.63. The molecular weight excluding hydrogens is 398 g/mol. The number of hydrogen-bond acceptors (Lipinski definition) is 3. The molecule has 0 N–H and O–H groups in total. The number of rotatable bonds is 5. The minimum atomic E-state index is -0.533. The van der Waals surface area contributed by atoms with E-state index in [1.165, 1.54) is 0 Å². The maximum Gasteiger partial charge on any atom is 0.255 e. The van der Waals surface area contributed by atoms with Crippen molar-refractivity contribution in [3.8, 4) is 0 Å². The van der Waals surface area contributed by atoms with Crippen molar-refractivity contribution in [1.82, 2.24) is 14.8 Å². The molecular formula is C27H27N3O2. The summed E-state index contributed by atoms with van der Waals surface area (Å²) < 4.78 is 0. The molecule has 0 aliphatic carbocycles. The monoisotopic (exact) mass is 425 g/mol. The second-order valence-corrected chi connectivity index (χ2v) is 8.63. The summed E-state index contributed by atoms with van der Waals surface area (Å²) in [6.45, 7) is 1.18. The van der Waals surface area contributed by atoms with Crippen molar-refractivity contribution in [2.24, 2.45) is 0 Å². The Morgan fingerprint density at radius 2 is 1.81 bits per heavy atom. The normalized spacial score (nSPS) is 19.0. The number of fused-ring (bicyclic) bond motifs is 1. The third-order valence-electron chi connectivity index (χ3n) is 6.64. The fourth-order valence-corrected chi connectivity index (χ4v) is 5.00. The number of hydrogen-bond donors (Lipinski definition) is 0. The highest BCUT2D eigenvalue weighted by Gasteiger charge is 2.40. The topological polar surface area (TPSA) is 53.5 Å². The van der Waals surface area contributed by atoms with E-state index in [1.807, 2.05) is 77.8 Å². The van der Waals surface area contributed by atoms with Crippen molar-refractivity contribution in [2.75, 3.05) is 6.54 Å². The molecule has 5 heteroatoms. The highest BCUT2D eigenvalue weighted by molar-refractivity contribution is 6.01. The van der Waals surface area contributed by atoms with Gasteiger partial charge in [-0.25, -0.2) is 0 Å². The lowest BCUT2D eigenvalue weighted by Gasteiger charge is -2.40. The summed E-state index contributed by atoms with van der Waals surface area (Å²) in [5, 5.41) is 0. The molecule has 2 unspecified atom stereocenters. The number of nitrogens with zero attached hydrogens (tertiary/aromatic N) is 3. The quantitative estimate of drug-likeness (QED) is 0.609. The van der Waals surface area contributed by atoms with Gasteiger partial charge in [0.2, 0.25) is 5.91 Å². The molecule has 0 radical (unpaired) electrons. The van der Waals surface area contributed by atoms with Crippen LogP contribution in [0.1, 0.15) is 52.4 Å². The molecule has 2 aliphatic rings. The molecule has 2 aliphatic heterocycles. The van der Waals surface area contributed by atoms with Crippen LogP contribution >= 0.6 is 0 Å². The standard InChI is InChI=1S/C27H27N3O2/c31-26-23-13-5-4-11-22(23)19-30(26)25(17-20-9-2-1-3-10-20)27(32)29-16-7-6-14-24(29)21-12-8-15-28-18-21/h1-5,8-13,15,18,24-25H,6-7,14,16-17,19H2. The highest BCUT2D eigenvalue weighted by atomic mass is 16.2. The zero-order valence-corrected chi connectivity index (χ0v) is 18.1. The van der Waals surface area contributed by atoms with Crippen molar-refractivity contribution >= 4 is 11.8 Å². The van der Waals surface area contributed by atoms with E-state index in [-0.39, 0.29) is 17.9 Å². The van der Waals surface area contributed by atoms with Gasteiger partial charge in [-0.15, -0.1) is 0 Å². The van der Waals surface area contributed by atoms with Gasteiger partial charge in [-0.3, -0.25) is 14.6 Å². The average Bonchev–Trinajstić information content (AvgIpc) is 3.19. The number of carbonyl (C=O) groups is 2. The summed E-state index contributed by atoms with van der Waals surface area (Å²) in [7, 11) is 0. The first kappa shape index (κ1) is 20.4. The Balaban J connectivity index is 1.48. The van der Waals surface area contributed by atoms with Gasteiger partial charge in [-0.05, 0) is 48.1 Å². The fourth-order valence-electron chi connectivity index (χ4n) is 5.00. The van der Waals surface area contributed by atoms with Crippen molar-refractivity contribution < 1.29 is 9.59 Å². The first-order valence-electron chi connectivity index (χ1n) is 11.4. The molecule has 1 aromatic heterocycles. The average molecular weight is 426 g/mol. The minimum absolute atomic E-state index is 0.00306. The predicted molar refractivity (Wildman–Crippen MR) is 123 cm³/mol. The van der Waals surface area contributed by atoms with Crippen molar-refractivity contribution in [1.29, 1.82) is 0 Å². The number of likely N-dealkylation sites (tertiary alicyclic amines) is 1. The maximum absolute atomic E-state index is 14.1. The molecule has 32 heavy (non-hydrogen) atoms. The Bertz CT molecular complexity index is 1100. The molecule has 0 bridgehead atoms. The van der Waals surface area contributed by atoms with Gasteiger partial charge >= 0.3 is 0 Å². The van der Waals surface area contributed by atoms with Crippen LogP contribution in [0.5, 0.6) is 0 Å². The van der Waals surface area contributed by atoms with Gasteiger partial charge in [0.25, 0.3) is 5.91 Å². The summed E-state index contributed by atoms with van der Waals surface area (Å²) in [4.78, 5) is 35.4. The zero-order valence-electron chi connectivity index (χ0n) is 18.1. The van der Waals surface area contributed by atoms with E-state index in [0.717, 1.165) is 36.0 Å². The van der Waals surface area contributed by atoms with E-state index in [9.17, 15) is 9.59 Å². The van der Waals surface area contributed by atoms with E-state index in [4.69, 9.17) is 0 Å². The van der Waals surface area contributed by atoms with Gasteiger partial charge in [-0.2, -0.15) is 0 Å². The van der Waals surface area contributed by atoms with Gasteiger partial charge in [0, 0.05) is 37.5 Å². The van der Waals surface area contributed by atoms with Crippen LogP contribution in [-0.4, -0.2) is 39.2 Å². The summed E-state index contributed by atoms with van der Waals surface area (Å²) >= 11 is 0. The van der Waals surface area contributed by atoms with Crippen LogP contribution in [0.3, 0.4) is 0 Å². The molecule has 5 rings (SSSR count). The summed E-state index contributed by atoms with van der Waals surface area (Å²) in [5.74, 6) is -0.0200. The Hall–Kier alpha value is -3.47. The SMILES string of the molecule is O=C1c2ccccc2CN1C(Cc1ccccc1)C(=O)N1CCCCC1c1cccnc1. The lowest BCUT2D eigenvalue weighted by molar-refractivity contribution is -0.140. The number of piperidine rings is 1. The van der Waals surface area contributed by atoms with Gasteiger partial charge in [0.05, 0.1) is 6.04 Å². The Kier molecular flexibility index (Phi) is 5.71. The minimum Gasteiger partial charge on any atom is -0.334 e.